The molecular weight excluding hydrogens is 376 g/mol. The van der Waals surface area contributed by atoms with Gasteiger partial charge >= 0.3 is 0 Å². The maximum Gasteiger partial charge on any atom is 0.165 e. The summed E-state index contributed by atoms with van der Waals surface area (Å²) in [4.78, 5) is 17.1. The van der Waals surface area contributed by atoms with Gasteiger partial charge in [-0.05, 0) is 40.0 Å². The van der Waals surface area contributed by atoms with E-state index in [-0.39, 0.29) is 11.8 Å². The van der Waals surface area contributed by atoms with Gasteiger partial charge in [-0.25, -0.2) is 4.98 Å². The van der Waals surface area contributed by atoms with E-state index >= 15 is 0 Å². The van der Waals surface area contributed by atoms with Crippen LogP contribution in [0.15, 0.2) is 77.4 Å². The molecule has 1 aromatic heterocycles. The minimum Gasteiger partial charge on any atom is -0.362 e. The maximum atomic E-state index is 12.7. The lowest BCUT2D eigenvalue weighted by molar-refractivity contribution is 0.0976. The van der Waals surface area contributed by atoms with E-state index in [4.69, 9.17) is 0 Å². The Bertz CT molecular complexity index is 850. The number of hydrogen-bond acceptors (Lipinski definition) is 3. The molecule has 0 saturated carbocycles. The van der Waals surface area contributed by atoms with Crippen LogP contribution in [0.25, 0.3) is 0 Å². The number of pyridine rings is 1. The van der Waals surface area contributed by atoms with Crippen molar-refractivity contribution in [3.8, 4) is 0 Å². The van der Waals surface area contributed by atoms with Crippen LogP contribution >= 0.6 is 15.9 Å². The van der Waals surface area contributed by atoms with Crippen LogP contribution < -0.4 is 5.32 Å². The standard InChI is InChI=1S/C21H19BrN2O/c1-15-12-18(22)21(23-14-15)24-19(16-8-4-2-5-9-16)13-20(25)17-10-6-3-7-11-17/h2-12,14,19H,13H2,1H3,(H,23,24). The van der Waals surface area contributed by atoms with Crippen LogP contribution in [0, 0.1) is 6.92 Å². The highest BCUT2D eigenvalue weighted by molar-refractivity contribution is 9.10. The van der Waals surface area contributed by atoms with Crippen LogP contribution in [0.3, 0.4) is 0 Å². The Labute approximate surface area is 156 Å². The van der Waals surface area contributed by atoms with Crippen LogP contribution in [0.5, 0.6) is 0 Å². The minimum absolute atomic E-state index is 0.102. The number of rotatable bonds is 6. The highest BCUT2D eigenvalue weighted by Crippen LogP contribution is 2.28. The lowest BCUT2D eigenvalue weighted by Gasteiger charge is -2.20. The summed E-state index contributed by atoms with van der Waals surface area (Å²) < 4.78 is 0.889. The van der Waals surface area contributed by atoms with E-state index in [1.165, 1.54) is 0 Å². The molecular formula is C21H19BrN2O. The second kappa shape index (κ2) is 8.08. The summed E-state index contributed by atoms with van der Waals surface area (Å²) in [6, 6.07) is 21.2. The molecule has 0 aliphatic carbocycles. The first-order valence-corrected chi connectivity index (χ1v) is 8.94. The molecule has 3 nitrogen and oxygen atoms in total. The van der Waals surface area contributed by atoms with Crippen LogP contribution in [0.1, 0.15) is 33.9 Å². The average molecular weight is 395 g/mol. The van der Waals surface area contributed by atoms with Crippen molar-refractivity contribution in [1.29, 1.82) is 0 Å². The van der Waals surface area contributed by atoms with Crippen molar-refractivity contribution < 1.29 is 4.79 Å². The fourth-order valence-corrected chi connectivity index (χ4v) is 3.25. The molecule has 0 saturated heterocycles. The van der Waals surface area contributed by atoms with Gasteiger partial charge in [0.1, 0.15) is 5.82 Å². The third-order valence-electron chi connectivity index (χ3n) is 3.98. The zero-order chi connectivity index (χ0) is 17.6. The number of carbonyl (C=O) groups excluding carboxylic acids is 1. The Morgan fingerprint density at radius 3 is 2.36 bits per heavy atom. The maximum absolute atomic E-state index is 12.7. The zero-order valence-corrected chi connectivity index (χ0v) is 15.5. The van der Waals surface area contributed by atoms with Gasteiger partial charge in [0.25, 0.3) is 0 Å². The van der Waals surface area contributed by atoms with Crippen LogP contribution in [-0.4, -0.2) is 10.8 Å². The summed E-state index contributed by atoms with van der Waals surface area (Å²) in [5.41, 5.74) is 2.86. The van der Waals surface area contributed by atoms with Crippen molar-refractivity contribution in [2.45, 2.75) is 19.4 Å². The number of ketones is 1. The molecule has 3 rings (SSSR count). The fourth-order valence-electron chi connectivity index (χ4n) is 2.67. The summed E-state index contributed by atoms with van der Waals surface area (Å²) >= 11 is 3.55. The first kappa shape index (κ1) is 17.4. The van der Waals surface area contributed by atoms with Crippen molar-refractivity contribution in [3.63, 3.8) is 0 Å². The monoisotopic (exact) mass is 394 g/mol. The molecule has 1 atom stereocenters. The summed E-state index contributed by atoms with van der Waals surface area (Å²) in [7, 11) is 0. The average Bonchev–Trinajstić information content (AvgIpc) is 2.64. The normalized spacial score (nSPS) is 11.8. The first-order valence-electron chi connectivity index (χ1n) is 8.15. The first-order chi connectivity index (χ1) is 12.1. The van der Waals surface area contributed by atoms with E-state index in [9.17, 15) is 4.79 Å². The number of aryl methyl sites for hydroxylation is 1. The number of nitrogens with zero attached hydrogens (tertiary/aromatic N) is 1. The molecule has 4 heteroatoms. The largest absolute Gasteiger partial charge is 0.362 e. The number of benzene rings is 2. The Kier molecular flexibility index (Phi) is 5.61. The van der Waals surface area contributed by atoms with Gasteiger partial charge in [0.05, 0.1) is 10.5 Å². The molecule has 2 aromatic carbocycles. The number of Topliss-reactive ketones (excluding diaryl/α,β-unsaturated/α-hetero) is 1. The third kappa shape index (κ3) is 4.54. The van der Waals surface area contributed by atoms with Crippen LogP contribution in [0.2, 0.25) is 0 Å². The number of hydrogen-bond donors (Lipinski definition) is 1. The number of halogens is 1. The molecule has 25 heavy (non-hydrogen) atoms. The Morgan fingerprint density at radius 1 is 1.08 bits per heavy atom. The van der Waals surface area contributed by atoms with E-state index in [1.54, 1.807) is 0 Å². The van der Waals surface area contributed by atoms with Crippen molar-refractivity contribution in [1.82, 2.24) is 4.98 Å². The molecule has 126 valence electrons. The van der Waals surface area contributed by atoms with E-state index in [2.05, 4.69) is 26.2 Å². The van der Waals surface area contributed by atoms with Gasteiger partial charge in [0.15, 0.2) is 5.78 Å². The molecule has 0 fully saturated rings. The van der Waals surface area contributed by atoms with Gasteiger partial charge in [-0.1, -0.05) is 60.7 Å². The molecule has 1 N–H and O–H groups in total. The second-order valence-corrected chi connectivity index (χ2v) is 6.80. The Balaban J connectivity index is 1.86. The van der Waals surface area contributed by atoms with Gasteiger partial charge < -0.3 is 5.32 Å². The van der Waals surface area contributed by atoms with Gasteiger partial charge in [-0.3, -0.25) is 4.79 Å². The lowest BCUT2D eigenvalue weighted by atomic mass is 9.98. The van der Waals surface area contributed by atoms with E-state index in [0.29, 0.717) is 6.42 Å². The van der Waals surface area contributed by atoms with E-state index in [1.807, 2.05) is 79.9 Å². The van der Waals surface area contributed by atoms with E-state index < -0.39 is 0 Å². The number of carbonyl (C=O) groups is 1. The minimum atomic E-state index is -0.152. The van der Waals surface area contributed by atoms with Crippen molar-refractivity contribution >= 4 is 27.5 Å². The SMILES string of the molecule is Cc1cnc(NC(CC(=O)c2ccccc2)c2ccccc2)c(Br)c1. The van der Waals surface area contributed by atoms with Gasteiger partial charge in [-0.15, -0.1) is 0 Å². The molecule has 3 aromatic rings. The van der Waals surface area contributed by atoms with Crippen molar-refractivity contribution in [2.75, 3.05) is 5.32 Å². The predicted octanol–water partition coefficient (Wildman–Crippen LogP) is 5.58. The topological polar surface area (TPSA) is 42.0 Å². The van der Waals surface area contributed by atoms with Crippen molar-refractivity contribution in [3.05, 3.63) is 94.1 Å². The molecule has 1 heterocycles. The molecule has 0 spiro atoms. The smallest absolute Gasteiger partial charge is 0.165 e. The summed E-state index contributed by atoms with van der Waals surface area (Å²) in [5.74, 6) is 0.838. The van der Waals surface area contributed by atoms with Crippen molar-refractivity contribution in [2.24, 2.45) is 0 Å². The van der Waals surface area contributed by atoms with Gasteiger partial charge in [0, 0.05) is 18.2 Å². The number of anilines is 1. The molecule has 0 aliphatic rings. The molecule has 0 aliphatic heterocycles. The number of aromatic nitrogens is 1. The molecule has 0 amide bonds. The summed E-state index contributed by atoms with van der Waals surface area (Å²) in [6.45, 7) is 2.00. The highest BCUT2D eigenvalue weighted by Gasteiger charge is 2.18. The molecule has 1 unspecified atom stereocenters. The summed E-state index contributed by atoms with van der Waals surface area (Å²) in [5, 5.41) is 3.41. The zero-order valence-electron chi connectivity index (χ0n) is 13.9. The molecule has 0 bridgehead atoms. The summed E-state index contributed by atoms with van der Waals surface area (Å²) in [6.07, 6.45) is 2.17. The quantitative estimate of drug-likeness (QED) is 0.554. The fraction of sp³-hybridized carbons (Fsp3) is 0.143. The van der Waals surface area contributed by atoms with E-state index in [0.717, 1.165) is 27.0 Å². The van der Waals surface area contributed by atoms with Crippen LogP contribution in [0.4, 0.5) is 5.82 Å². The van der Waals surface area contributed by atoms with Crippen LogP contribution in [-0.2, 0) is 0 Å². The number of nitrogens with one attached hydrogen (secondary N) is 1. The van der Waals surface area contributed by atoms with Gasteiger partial charge in [-0.2, -0.15) is 0 Å². The Hall–Kier alpha value is -2.46. The highest BCUT2D eigenvalue weighted by atomic mass is 79.9. The Morgan fingerprint density at radius 2 is 1.72 bits per heavy atom. The molecule has 0 radical (unpaired) electrons. The predicted molar refractivity (Wildman–Crippen MR) is 105 cm³/mol. The van der Waals surface area contributed by atoms with Gasteiger partial charge in [0.2, 0.25) is 0 Å². The lowest BCUT2D eigenvalue weighted by Crippen LogP contribution is -2.16. The third-order valence-corrected chi connectivity index (χ3v) is 4.58. The second-order valence-electron chi connectivity index (χ2n) is 5.94.